The van der Waals surface area contributed by atoms with Crippen molar-refractivity contribution in [1.82, 2.24) is 10.9 Å². The third-order valence-corrected chi connectivity index (χ3v) is 3.99. The largest absolute Gasteiger partial charge is 0.493 e. The third kappa shape index (κ3) is 4.48. The summed E-state index contributed by atoms with van der Waals surface area (Å²) in [6, 6.07) is 12.1. The van der Waals surface area contributed by atoms with Crippen LogP contribution in [0.4, 0.5) is 0 Å². The van der Waals surface area contributed by atoms with Crippen LogP contribution in [-0.2, 0) is 11.2 Å². The van der Waals surface area contributed by atoms with E-state index < -0.39 is 0 Å². The number of carbonyl (C=O) groups is 2. The number of rotatable bonds is 5. The Bertz CT molecular complexity index is 735. The summed E-state index contributed by atoms with van der Waals surface area (Å²) in [6.07, 6.45) is 0.0655. The van der Waals surface area contributed by atoms with Crippen LogP contribution >= 0.6 is 15.9 Å². The summed E-state index contributed by atoms with van der Waals surface area (Å²) in [4.78, 5) is 23.9. The van der Waals surface area contributed by atoms with Gasteiger partial charge in [-0.2, -0.15) is 0 Å². The second kappa shape index (κ2) is 8.35. The second-order valence-electron chi connectivity index (χ2n) is 4.84. The van der Waals surface area contributed by atoms with E-state index in [1.807, 2.05) is 6.07 Å². The molecule has 0 bridgehead atoms. The quantitative estimate of drug-likeness (QED) is 0.766. The molecule has 2 aromatic carbocycles. The summed E-state index contributed by atoms with van der Waals surface area (Å²) in [7, 11) is 3.06. The van der Waals surface area contributed by atoms with Crippen molar-refractivity contribution < 1.29 is 19.1 Å². The van der Waals surface area contributed by atoms with Gasteiger partial charge in [-0.3, -0.25) is 20.4 Å². The van der Waals surface area contributed by atoms with Gasteiger partial charge in [0.15, 0.2) is 11.5 Å². The summed E-state index contributed by atoms with van der Waals surface area (Å²) in [6.45, 7) is 0. The summed E-state index contributed by atoms with van der Waals surface area (Å²) in [5.41, 5.74) is 5.94. The number of benzene rings is 2. The van der Waals surface area contributed by atoms with Crippen LogP contribution in [0.15, 0.2) is 46.9 Å². The zero-order chi connectivity index (χ0) is 17.5. The van der Waals surface area contributed by atoms with Gasteiger partial charge in [-0.05, 0) is 29.8 Å². The Balaban J connectivity index is 1.98. The van der Waals surface area contributed by atoms with Gasteiger partial charge >= 0.3 is 0 Å². The minimum absolute atomic E-state index is 0.0655. The minimum Gasteiger partial charge on any atom is -0.493 e. The fourth-order valence-electron chi connectivity index (χ4n) is 2.04. The van der Waals surface area contributed by atoms with Crippen molar-refractivity contribution >= 4 is 27.7 Å². The van der Waals surface area contributed by atoms with Crippen molar-refractivity contribution in [2.45, 2.75) is 6.42 Å². The average Bonchev–Trinajstić information content (AvgIpc) is 2.61. The van der Waals surface area contributed by atoms with Crippen LogP contribution in [0.2, 0.25) is 0 Å². The fourth-order valence-corrected chi connectivity index (χ4v) is 2.50. The first kappa shape index (κ1) is 17.8. The molecule has 0 radical (unpaired) electrons. The Morgan fingerprint density at radius 2 is 1.62 bits per heavy atom. The molecule has 126 valence electrons. The number of hydrazine groups is 1. The van der Waals surface area contributed by atoms with Gasteiger partial charge in [0.25, 0.3) is 5.91 Å². The molecule has 0 aliphatic heterocycles. The molecule has 0 saturated carbocycles. The van der Waals surface area contributed by atoms with E-state index in [9.17, 15) is 9.59 Å². The topological polar surface area (TPSA) is 76.7 Å². The van der Waals surface area contributed by atoms with Gasteiger partial charge in [-0.1, -0.05) is 34.1 Å². The van der Waals surface area contributed by atoms with Crippen molar-refractivity contribution in [1.29, 1.82) is 0 Å². The van der Waals surface area contributed by atoms with Gasteiger partial charge in [0.1, 0.15) is 0 Å². The van der Waals surface area contributed by atoms with Crippen LogP contribution in [-0.4, -0.2) is 26.0 Å². The highest BCUT2D eigenvalue weighted by molar-refractivity contribution is 9.10. The summed E-state index contributed by atoms with van der Waals surface area (Å²) >= 11 is 3.39. The molecule has 0 aliphatic rings. The molecule has 0 aliphatic carbocycles. The van der Waals surface area contributed by atoms with E-state index in [1.54, 1.807) is 36.4 Å². The summed E-state index contributed by atoms with van der Waals surface area (Å²) in [5.74, 6) is 0.352. The molecule has 0 saturated heterocycles. The molecule has 0 spiro atoms. The fraction of sp³-hybridized carbons (Fsp3) is 0.176. The molecule has 24 heavy (non-hydrogen) atoms. The van der Waals surface area contributed by atoms with Crippen LogP contribution in [0.3, 0.4) is 0 Å². The Hall–Kier alpha value is -2.54. The highest BCUT2D eigenvalue weighted by Crippen LogP contribution is 2.33. The van der Waals surface area contributed by atoms with E-state index in [0.717, 1.165) is 0 Å². The Morgan fingerprint density at radius 1 is 1.00 bits per heavy atom. The number of ether oxygens (including phenoxy) is 2. The predicted molar refractivity (Wildman–Crippen MR) is 93.0 cm³/mol. The minimum atomic E-state index is -0.379. The van der Waals surface area contributed by atoms with Crippen molar-refractivity contribution in [3.8, 4) is 11.5 Å². The van der Waals surface area contributed by atoms with E-state index in [0.29, 0.717) is 27.1 Å². The number of halogens is 1. The highest BCUT2D eigenvalue weighted by atomic mass is 79.9. The highest BCUT2D eigenvalue weighted by Gasteiger charge is 2.13. The predicted octanol–water partition coefficient (Wildman–Crippen LogP) is 2.47. The Morgan fingerprint density at radius 3 is 2.25 bits per heavy atom. The number of hydrogen-bond donors (Lipinski definition) is 2. The maximum atomic E-state index is 12.0. The Labute approximate surface area is 148 Å². The molecule has 2 rings (SSSR count). The van der Waals surface area contributed by atoms with Crippen LogP contribution in [0.1, 0.15) is 15.9 Å². The van der Waals surface area contributed by atoms with Gasteiger partial charge in [0.2, 0.25) is 5.91 Å². The lowest BCUT2D eigenvalue weighted by atomic mass is 10.1. The first-order valence-corrected chi connectivity index (χ1v) is 7.89. The Kier molecular flexibility index (Phi) is 6.20. The van der Waals surface area contributed by atoms with Crippen molar-refractivity contribution in [2.24, 2.45) is 0 Å². The van der Waals surface area contributed by atoms with E-state index in [4.69, 9.17) is 9.47 Å². The molecule has 7 heteroatoms. The molecule has 0 aromatic heterocycles. The molecule has 0 heterocycles. The zero-order valence-corrected chi connectivity index (χ0v) is 14.8. The van der Waals surface area contributed by atoms with Crippen molar-refractivity contribution in [2.75, 3.05) is 14.2 Å². The number of methoxy groups -OCH3 is 2. The molecule has 0 unspecified atom stereocenters. The van der Waals surface area contributed by atoms with Crippen LogP contribution in [0.25, 0.3) is 0 Å². The first-order valence-electron chi connectivity index (χ1n) is 7.09. The number of carbonyl (C=O) groups excluding carboxylic acids is 2. The van der Waals surface area contributed by atoms with Gasteiger partial charge in [-0.25, -0.2) is 0 Å². The van der Waals surface area contributed by atoms with E-state index in [1.165, 1.54) is 14.2 Å². The van der Waals surface area contributed by atoms with Gasteiger partial charge in [-0.15, -0.1) is 0 Å². The average molecular weight is 393 g/mol. The SMILES string of the molecule is COc1cc(Br)c(CC(=O)NNC(=O)c2ccccc2)cc1OC. The third-order valence-electron chi connectivity index (χ3n) is 3.26. The lowest BCUT2D eigenvalue weighted by molar-refractivity contribution is -0.121. The van der Waals surface area contributed by atoms with Crippen molar-refractivity contribution in [3.63, 3.8) is 0 Å². The van der Waals surface area contributed by atoms with Crippen LogP contribution in [0.5, 0.6) is 11.5 Å². The smallest absolute Gasteiger partial charge is 0.269 e. The lowest BCUT2D eigenvalue weighted by Crippen LogP contribution is -2.42. The molecular weight excluding hydrogens is 376 g/mol. The normalized spacial score (nSPS) is 9.96. The molecule has 2 aromatic rings. The molecule has 0 atom stereocenters. The molecule has 2 amide bonds. The summed E-state index contributed by atoms with van der Waals surface area (Å²) in [5, 5.41) is 0. The number of nitrogens with one attached hydrogen (secondary N) is 2. The van der Waals surface area contributed by atoms with Crippen LogP contribution < -0.4 is 20.3 Å². The van der Waals surface area contributed by atoms with Gasteiger partial charge in [0, 0.05) is 10.0 Å². The monoisotopic (exact) mass is 392 g/mol. The molecule has 6 nitrogen and oxygen atoms in total. The maximum absolute atomic E-state index is 12.0. The molecule has 2 N–H and O–H groups in total. The molecular formula is C17H17BrN2O4. The van der Waals surface area contributed by atoms with E-state index in [2.05, 4.69) is 26.8 Å². The lowest BCUT2D eigenvalue weighted by Gasteiger charge is -2.12. The first-order chi connectivity index (χ1) is 11.5. The standard InChI is InChI=1S/C17H17BrN2O4/c1-23-14-8-12(13(18)10-15(14)24-2)9-16(21)19-20-17(22)11-6-4-3-5-7-11/h3-8,10H,9H2,1-2H3,(H,19,21)(H,20,22). The number of amides is 2. The van der Waals surface area contributed by atoms with E-state index >= 15 is 0 Å². The number of hydrogen-bond acceptors (Lipinski definition) is 4. The van der Waals surface area contributed by atoms with Gasteiger partial charge in [0.05, 0.1) is 20.6 Å². The van der Waals surface area contributed by atoms with Crippen LogP contribution in [0, 0.1) is 0 Å². The van der Waals surface area contributed by atoms with Gasteiger partial charge < -0.3 is 9.47 Å². The van der Waals surface area contributed by atoms with Crippen molar-refractivity contribution in [3.05, 3.63) is 58.1 Å². The zero-order valence-electron chi connectivity index (χ0n) is 13.3. The molecule has 0 fully saturated rings. The van der Waals surface area contributed by atoms with E-state index in [-0.39, 0.29) is 18.2 Å². The summed E-state index contributed by atoms with van der Waals surface area (Å²) < 4.78 is 11.1. The maximum Gasteiger partial charge on any atom is 0.269 e. The second-order valence-corrected chi connectivity index (χ2v) is 5.70.